The molecule has 0 aliphatic rings. The summed E-state index contributed by atoms with van der Waals surface area (Å²) in [5, 5.41) is 0. The zero-order chi connectivity index (χ0) is 11.0. The largest absolute Gasteiger partial charge is 0.462 e. The van der Waals surface area contributed by atoms with Crippen LogP contribution in [0, 0.1) is 0 Å². The van der Waals surface area contributed by atoms with E-state index in [4.69, 9.17) is 4.74 Å². The van der Waals surface area contributed by atoms with E-state index >= 15 is 0 Å². The lowest BCUT2D eigenvalue weighted by atomic mass is 10.1. The Morgan fingerprint density at radius 1 is 1.21 bits per heavy atom. The minimum absolute atomic E-state index is 0.0766. The van der Waals surface area contributed by atoms with Gasteiger partial charge in [0.15, 0.2) is 0 Å². The van der Waals surface area contributed by atoms with Gasteiger partial charge >= 0.3 is 5.97 Å². The van der Waals surface area contributed by atoms with Gasteiger partial charge in [0, 0.05) is 13.3 Å². The molecule has 1 unspecified atom stereocenters. The maximum Gasteiger partial charge on any atom is 0.302 e. The van der Waals surface area contributed by atoms with E-state index in [-0.39, 0.29) is 17.9 Å². The number of unbranched alkanes of at least 4 members (excludes halogenated alkanes) is 2. The van der Waals surface area contributed by atoms with E-state index in [0.717, 1.165) is 25.7 Å². The average molecular weight is 200 g/mol. The van der Waals surface area contributed by atoms with Crippen molar-refractivity contribution >= 4 is 11.8 Å². The molecule has 0 aromatic rings. The van der Waals surface area contributed by atoms with E-state index in [1.165, 1.54) is 13.8 Å². The third-order valence-electron chi connectivity index (χ3n) is 1.98. The molecule has 0 aliphatic heterocycles. The quantitative estimate of drug-likeness (QED) is 0.468. The molecule has 0 heterocycles. The van der Waals surface area contributed by atoms with Gasteiger partial charge in [-0.15, -0.1) is 0 Å². The fourth-order valence-electron chi connectivity index (χ4n) is 1.38. The molecule has 0 bridgehead atoms. The molecular formula is C11H20O3. The molecule has 0 amide bonds. The molecule has 0 saturated carbocycles. The first kappa shape index (κ1) is 13.1. The number of carbonyl (C=O) groups is 2. The van der Waals surface area contributed by atoms with Gasteiger partial charge in [-0.25, -0.2) is 0 Å². The van der Waals surface area contributed by atoms with Gasteiger partial charge < -0.3 is 4.74 Å². The summed E-state index contributed by atoms with van der Waals surface area (Å²) in [7, 11) is 0. The van der Waals surface area contributed by atoms with Crippen LogP contribution in [0.1, 0.15) is 52.9 Å². The zero-order valence-electron chi connectivity index (χ0n) is 9.34. The van der Waals surface area contributed by atoms with Gasteiger partial charge in [-0.1, -0.05) is 19.8 Å². The molecule has 0 saturated heterocycles. The molecule has 3 heteroatoms. The van der Waals surface area contributed by atoms with E-state index in [1.807, 2.05) is 0 Å². The van der Waals surface area contributed by atoms with Crippen LogP contribution in [0.3, 0.4) is 0 Å². The van der Waals surface area contributed by atoms with Crippen LogP contribution in [-0.4, -0.2) is 17.9 Å². The second kappa shape index (κ2) is 7.54. The molecule has 0 aromatic heterocycles. The Balaban J connectivity index is 3.84. The van der Waals surface area contributed by atoms with E-state index in [1.54, 1.807) is 0 Å². The standard InChI is InChI=1S/C11H20O3/c1-4-5-6-7-11(8-9(2)12)14-10(3)13/h11H,4-8H2,1-3H3. The minimum atomic E-state index is -0.298. The maximum atomic E-state index is 10.9. The first-order valence-electron chi connectivity index (χ1n) is 5.23. The van der Waals surface area contributed by atoms with Crippen LogP contribution < -0.4 is 0 Å². The van der Waals surface area contributed by atoms with Gasteiger partial charge in [0.1, 0.15) is 11.9 Å². The number of hydrogen-bond acceptors (Lipinski definition) is 3. The van der Waals surface area contributed by atoms with E-state index in [2.05, 4.69) is 6.92 Å². The van der Waals surface area contributed by atoms with Crippen LogP contribution in [0.5, 0.6) is 0 Å². The van der Waals surface area contributed by atoms with Crippen molar-refractivity contribution in [2.45, 2.75) is 59.0 Å². The summed E-state index contributed by atoms with van der Waals surface area (Å²) < 4.78 is 5.05. The second-order valence-electron chi connectivity index (χ2n) is 3.63. The first-order valence-corrected chi connectivity index (χ1v) is 5.23. The number of carbonyl (C=O) groups excluding carboxylic acids is 2. The highest BCUT2D eigenvalue weighted by atomic mass is 16.5. The Morgan fingerprint density at radius 3 is 2.29 bits per heavy atom. The summed E-state index contributed by atoms with van der Waals surface area (Å²) in [6, 6.07) is 0. The predicted molar refractivity (Wildman–Crippen MR) is 55.0 cm³/mol. The molecular weight excluding hydrogens is 180 g/mol. The normalized spacial score (nSPS) is 12.2. The Hall–Kier alpha value is -0.860. The third kappa shape index (κ3) is 7.77. The van der Waals surface area contributed by atoms with Gasteiger partial charge in [-0.3, -0.25) is 9.59 Å². The molecule has 1 atom stereocenters. The van der Waals surface area contributed by atoms with Gasteiger partial charge in [0.05, 0.1) is 0 Å². The lowest BCUT2D eigenvalue weighted by Gasteiger charge is -2.15. The average Bonchev–Trinajstić information content (AvgIpc) is 2.02. The van der Waals surface area contributed by atoms with Gasteiger partial charge in [-0.05, 0) is 19.8 Å². The van der Waals surface area contributed by atoms with Crippen molar-refractivity contribution < 1.29 is 14.3 Å². The van der Waals surface area contributed by atoms with Crippen molar-refractivity contribution in [1.82, 2.24) is 0 Å². The third-order valence-corrected chi connectivity index (χ3v) is 1.98. The number of rotatable bonds is 7. The summed E-state index contributed by atoms with van der Waals surface area (Å²) in [6.07, 6.45) is 4.21. The molecule has 82 valence electrons. The van der Waals surface area contributed by atoms with Crippen molar-refractivity contribution in [3.8, 4) is 0 Å². The number of hydrogen-bond donors (Lipinski definition) is 0. The highest BCUT2D eigenvalue weighted by Gasteiger charge is 2.13. The van der Waals surface area contributed by atoms with Crippen LogP contribution >= 0.6 is 0 Å². The van der Waals surface area contributed by atoms with Gasteiger partial charge in [0.25, 0.3) is 0 Å². The SMILES string of the molecule is CCCCCC(CC(C)=O)OC(C)=O. The van der Waals surface area contributed by atoms with E-state index in [9.17, 15) is 9.59 Å². The summed E-state index contributed by atoms with van der Waals surface area (Å²) in [5.74, 6) is -0.222. The van der Waals surface area contributed by atoms with Crippen molar-refractivity contribution in [2.24, 2.45) is 0 Å². The van der Waals surface area contributed by atoms with Crippen LogP contribution in [-0.2, 0) is 14.3 Å². The number of esters is 1. The number of Topliss-reactive ketones (excluding diaryl/α,β-unsaturated/α-hetero) is 1. The van der Waals surface area contributed by atoms with Crippen LogP contribution in [0.4, 0.5) is 0 Å². The smallest absolute Gasteiger partial charge is 0.302 e. The molecule has 3 nitrogen and oxygen atoms in total. The summed E-state index contributed by atoms with van der Waals surface area (Å²) in [4.78, 5) is 21.6. The fourth-order valence-corrected chi connectivity index (χ4v) is 1.38. The van der Waals surface area contributed by atoms with E-state index in [0.29, 0.717) is 6.42 Å². The second-order valence-corrected chi connectivity index (χ2v) is 3.63. The van der Waals surface area contributed by atoms with Crippen molar-refractivity contribution in [3.63, 3.8) is 0 Å². The van der Waals surface area contributed by atoms with Gasteiger partial charge in [-0.2, -0.15) is 0 Å². The summed E-state index contributed by atoms with van der Waals surface area (Å²) >= 11 is 0. The fraction of sp³-hybridized carbons (Fsp3) is 0.818. The zero-order valence-corrected chi connectivity index (χ0v) is 9.34. The Labute approximate surface area is 85.8 Å². The molecule has 0 rings (SSSR count). The molecule has 0 aliphatic carbocycles. The Morgan fingerprint density at radius 2 is 1.86 bits per heavy atom. The van der Waals surface area contributed by atoms with Crippen LogP contribution in [0.15, 0.2) is 0 Å². The van der Waals surface area contributed by atoms with Crippen molar-refractivity contribution in [1.29, 1.82) is 0 Å². The van der Waals surface area contributed by atoms with Crippen molar-refractivity contribution in [2.75, 3.05) is 0 Å². The van der Waals surface area contributed by atoms with Crippen LogP contribution in [0.25, 0.3) is 0 Å². The lowest BCUT2D eigenvalue weighted by Crippen LogP contribution is -2.19. The first-order chi connectivity index (χ1) is 6.56. The molecule has 0 aromatic carbocycles. The topological polar surface area (TPSA) is 43.4 Å². The van der Waals surface area contributed by atoms with E-state index < -0.39 is 0 Å². The monoisotopic (exact) mass is 200 g/mol. The Kier molecular flexibility index (Phi) is 7.07. The predicted octanol–water partition coefficient (Wildman–Crippen LogP) is 2.48. The Bertz CT molecular complexity index is 171. The molecule has 0 radical (unpaired) electrons. The van der Waals surface area contributed by atoms with Crippen LogP contribution in [0.2, 0.25) is 0 Å². The summed E-state index contributed by atoms with van der Waals surface area (Å²) in [6.45, 7) is 5.02. The molecule has 0 fully saturated rings. The van der Waals surface area contributed by atoms with Crippen molar-refractivity contribution in [3.05, 3.63) is 0 Å². The minimum Gasteiger partial charge on any atom is -0.462 e. The number of ketones is 1. The highest BCUT2D eigenvalue weighted by Crippen LogP contribution is 2.11. The number of ether oxygens (including phenoxy) is 1. The van der Waals surface area contributed by atoms with Gasteiger partial charge in [0.2, 0.25) is 0 Å². The molecule has 14 heavy (non-hydrogen) atoms. The highest BCUT2D eigenvalue weighted by molar-refractivity contribution is 5.76. The lowest BCUT2D eigenvalue weighted by molar-refractivity contribution is -0.147. The molecule has 0 N–H and O–H groups in total. The summed E-state index contributed by atoms with van der Waals surface area (Å²) in [5.41, 5.74) is 0. The molecule has 0 spiro atoms. The maximum absolute atomic E-state index is 10.9.